The van der Waals surface area contributed by atoms with Gasteiger partial charge in [-0.3, -0.25) is 4.79 Å². The first-order chi connectivity index (χ1) is 12.0. The molecule has 2 rings (SSSR count). The standard InChI is InChI=1S/C18H17F2NO3S/c1-12-2-5-14(6-3-12)25-9-8-21-17(22)11-24-18(23)15-7-4-13(19)10-16(15)20/h2-7,10H,8-9,11H2,1H3,(H,21,22). The highest BCUT2D eigenvalue weighted by molar-refractivity contribution is 7.99. The molecule has 2 aromatic rings. The zero-order valence-corrected chi connectivity index (χ0v) is 14.4. The van der Waals surface area contributed by atoms with Gasteiger partial charge in [-0.25, -0.2) is 13.6 Å². The Kier molecular flexibility index (Phi) is 6.94. The number of esters is 1. The summed E-state index contributed by atoms with van der Waals surface area (Å²) in [6.45, 7) is 1.89. The summed E-state index contributed by atoms with van der Waals surface area (Å²) in [5.41, 5.74) is 0.765. The van der Waals surface area contributed by atoms with E-state index in [2.05, 4.69) is 5.32 Å². The van der Waals surface area contributed by atoms with Crippen LogP contribution in [0, 0.1) is 18.6 Å². The molecular weight excluding hydrogens is 348 g/mol. The zero-order chi connectivity index (χ0) is 18.2. The number of hydrogen-bond acceptors (Lipinski definition) is 4. The fourth-order valence-electron chi connectivity index (χ4n) is 1.91. The normalized spacial score (nSPS) is 10.4. The lowest BCUT2D eigenvalue weighted by Crippen LogP contribution is -2.30. The van der Waals surface area contributed by atoms with Gasteiger partial charge in [-0.1, -0.05) is 17.7 Å². The lowest BCUT2D eigenvalue weighted by molar-refractivity contribution is -0.124. The van der Waals surface area contributed by atoms with Crippen molar-refractivity contribution in [1.82, 2.24) is 5.32 Å². The molecule has 0 saturated heterocycles. The molecule has 2 aromatic carbocycles. The van der Waals surface area contributed by atoms with Gasteiger partial charge in [-0.15, -0.1) is 11.8 Å². The van der Waals surface area contributed by atoms with Gasteiger partial charge >= 0.3 is 5.97 Å². The summed E-state index contributed by atoms with van der Waals surface area (Å²) < 4.78 is 30.9. The highest BCUT2D eigenvalue weighted by Gasteiger charge is 2.15. The van der Waals surface area contributed by atoms with Gasteiger partial charge in [-0.2, -0.15) is 0 Å². The first-order valence-electron chi connectivity index (χ1n) is 7.54. The molecule has 132 valence electrons. The minimum atomic E-state index is -1.03. The number of rotatable bonds is 7. The average Bonchev–Trinajstić information content (AvgIpc) is 2.58. The fourth-order valence-corrected chi connectivity index (χ4v) is 2.68. The van der Waals surface area contributed by atoms with Crippen LogP contribution in [0.3, 0.4) is 0 Å². The summed E-state index contributed by atoms with van der Waals surface area (Å²) in [6, 6.07) is 10.5. The van der Waals surface area contributed by atoms with E-state index in [1.54, 1.807) is 11.8 Å². The molecule has 0 spiro atoms. The van der Waals surface area contributed by atoms with Crippen LogP contribution in [0.25, 0.3) is 0 Å². The molecule has 0 fully saturated rings. The van der Waals surface area contributed by atoms with Crippen molar-refractivity contribution in [3.63, 3.8) is 0 Å². The molecule has 0 saturated carbocycles. The lowest BCUT2D eigenvalue weighted by Gasteiger charge is -2.07. The molecule has 7 heteroatoms. The molecule has 1 amide bonds. The van der Waals surface area contributed by atoms with Gasteiger partial charge in [0, 0.05) is 23.3 Å². The molecule has 0 aromatic heterocycles. The van der Waals surface area contributed by atoms with Crippen LogP contribution >= 0.6 is 11.8 Å². The van der Waals surface area contributed by atoms with Crippen LogP contribution in [-0.4, -0.2) is 30.8 Å². The van der Waals surface area contributed by atoms with Gasteiger partial charge in [0.2, 0.25) is 0 Å². The Morgan fingerprint density at radius 1 is 1.12 bits per heavy atom. The van der Waals surface area contributed by atoms with Crippen molar-refractivity contribution in [3.8, 4) is 0 Å². The quantitative estimate of drug-likeness (QED) is 0.465. The van der Waals surface area contributed by atoms with Gasteiger partial charge in [-0.05, 0) is 31.2 Å². The fraction of sp³-hybridized carbons (Fsp3) is 0.222. The molecule has 0 aliphatic carbocycles. The number of benzene rings is 2. The van der Waals surface area contributed by atoms with E-state index in [0.717, 1.165) is 17.0 Å². The summed E-state index contributed by atoms with van der Waals surface area (Å²) in [6.07, 6.45) is 0. The first-order valence-corrected chi connectivity index (χ1v) is 8.52. The molecular formula is C18H17F2NO3S. The van der Waals surface area contributed by atoms with Gasteiger partial charge in [0.25, 0.3) is 5.91 Å². The van der Waals surface area contributed by atoms with E-state index in [9.17, 15) is 18.4 Å². The van der Waals surface area contributed by atoms with Crippen LogP contribution in [-0.2, 0) is 9.53 Å². The Bertz CT molecular complexity index is 750. The number of thioether (sulfide) groups is 1. The van der Waals surface area contributed by atoms with Crippen molar-refractivity contribution in [2.45, 2.75) is 11.8 Å². The van der Waals surface area contributed by atoms with Crippen molar-refractivity contribution in [2.75, 3.05) is 18.9 Å². The Labute approximate surface area is 148 Å². The van der Waals surface area contributed by atoms with Gasteiger partial charge in [0.05, 0.1) is 5.56 Å². The summed E-state index contributed by atoms with van der Waals surface area (Å²) in [7, 11) is 0. The minimum absolute atomic E-state index is 0.403. The summed E-state index contributed by atoms with van der Waals surface area (Å²) in [4.78, 5) is 24.4. The molecule has 0 radical (unpaired) electrons. The number of carbonyl (C=O) groups excluding carboxylic acids is 2. The van der Waals surface area contributed by atoms with E-state index in [1.807, 2.05) is 31.2 Å². The minimum Gasteiger partial charge on any atom is -0.452 e. The summed E-state index contributed by atoms with van der Waals surface area (Å²) >= 11 is 1.59. The predicted octanol–water partition coefficient (Wildman–Crippen LogP) is 3.34. The third-order valence-electron chi connectivity index (χ3n) is 3.20. The van der Waals surface area contributed by atoms with Crippen LogP contribution < -0.4 is 5.32 Å². The second kappa shape index (κ2) is 9.17. The number of carbonyl (C=O) groups is 2. The largest absolute Gasteiger partial charge is 0.452 e. The smallest absolute Gasteiger partial charge is 0.341 e. The summed E-state index contributed by atoms with van der Waals surface area (Å²) in [5, 5.41) is 2.60. The molecule has 0 aliphatic heterocycles. The van der Waals surface area contributed by atoms with Gasteiger partial charge in [0.1, 0.15) is 11.6 Å². The van der Waals surface area contributed by atoms with E-state index in [-0.39, 0.29) is 0 Å². The number of amides is 1. The van der Waals surface area contributed by atoms with E-state index in [4.69, 9.17) is 4.74 Å². The number of ether oxygens (including phenoxy) is 1. The van der Waals surface area contributed by atoms with Crippen molar-refractivity contribution in [3.05, 3.63) is 65.2 Å². The Morgan fingerprint density at radius 3 is 2.52 bits per heavy atom. The van der Waals surface area contributed by atoms with Crippen LogP contribution in [0.5, 0.6) is 0 Å². The van der Waals surface area contributed by atoms with E-state index < -0.39 is 35.7 Å². The molecule has 0 bridgehead atoms. The molecule has 0 aliphatic rings. The van der Waals surface area contributed by atoms with Crippen LogP contribution in [0.15, 0.2) is 47.4 Å². The second-order valence-corrected chi connectivity index (χ2v) is 6.38. The maximum absolute atomic E-state index is 13.4. The highest BCUT2D eigenvalue weighted by Crippen LogP contribution is 2.17. The van der Waals surface area contributed by atoms with Crippen LogP contribution in [0.1, 0.15) is 15.9 Å². The number of nitrogens with one attached hydrogen (secondary N) is 1. The van der Waals surface area contributed by atoms with Crippen molar-refractivity contribution >= 4 is 23.6 Å². The highest BCUT2D eigenvalue weighted by atomic mass is 32.2. The second-order valence-electron chi connectivity index (χ2n) is 5.21. The van der Waals surface area contributed by atoms with Gasteiger partial charge < -0.3 is 10.1 Å². The number of halogens is 2. The SMILES string of the molecule is Cc1ccc(SCCNC(=O)COC(=O)c2ccc(F)cc2F)cc1. The van der Waals surface area contributed by atoms with Crippen molar-refractivity contribution in [2.24, 2.45) is 0 Å². The first kappa shape index (κ1) is 18.9. The van der Waals surface area contributed by atoms with E-state index in [0.29, 0.717) is 18.4 Å². The van der Waals surface area contributed by atoms with Crippen LogP contribution in [0.4, 0.5) is 8.78 Å². The van der Waals surface area contributed by atoms with E-state index in [1.165, 1.54) is 5.56 Å². The molecule has 1 N–H and O–H groups in total. The van der Waals surface area contributed by atoms with Crippen molar-refractivity contribution < 1.29 is 23.1 Å². The maximum atomic E-state index is 13.4. The lowest BCUT2D eigenvalue weighted by atomic mass is 10.2. The third kappa shape index (κ3) is 6.19. The zero-order valence-electron chi connectivity index (χ0n) is 13.6. The van der Waals surface area contributed by atoms with Crippen molar-refractivity contribution in [1.29, 1.82) is 0 Å². The van der Waals surface area contributed by atoms with Crippen LogP contribution in [0.2, 0.25) is 0 Å². The Hall–Kier alpha value is -2.41. The maximum Gasteiger partial charge on any atom is 0.341 e. The topological polar surface area (TPSA) is 55.4 Å². The Balaban J connectivity index is 1.68. The van der Waals surface area contributed by atoms with E-state index >= 15 is 0 Å². The molecule has 0 unspecified atom stereocenters. The number of hydrogen-bond donors (Lipinski definition) is 1. The monoisotopic (exact) mass is 365 g/mol. The van der Waals surface area contributed by atoms with Gasteiger partial charge in [0.15, 0.2) is 6.61 Å². The molecule has 0 heterocycles. The average molecular weight is 365 g/mol. The Morgan fingerprint density at radius 2 is 1.84 bits per heavy atom. The molecule has 4 nitrogen and oxygen atoms in total. The molecule has 25 heavy (non-hydrogen) atoms. The summed E-state index contributed by atoms with van der Waals surface area (Å²) in [5.74, 6) is -2.66. The predicted molar refractivity (Wildman–Crippen MR) is 91.6 cm³/mol. The number of aryl methyl sites for hydroxylation is 1. The third-order valence-corrected chi connectivity index (χ3v) is 4.21. The molecule has 0 atom stereocenters.